The Hall–Kier alpha value is -0.820. The van der Waals surface area contributed by atoms with Gasteiger partial charge in [0.15, 0.2) is 0 Å². The average Bonchev–Trinajstić information content (AvgIpc) is 2.32. The lowest BCUT2D eigenvalue weighted by Crippen LogP contribution is -2.21. The minimum absolute atomic E-state index is 0.332. The molecule has 68 valence electrons. The monoisotopic (exact) mass is 307 g/mol. The molecule has 3 N–H and O–H groups in total. The van der Waals surface area contributed by atoms with E-state index in [9.17, 15) is 9.59 Å². The van der Waals surface area contributed by atoms with Crippen LogP contribution in [0.15, 0.2) is 18.7 Å². The number of fused-ring (bicyclic) bond motifs is 1. The molecule has 0 aliphatic rings. The number of hydrogen-bond donors (Lipinski definition) is 3. The maximum absolute atomic E-state index is 11.2. The Morgan fingerprint density at radius 1 is 0.923 bits per heavy atom. The van der Waals surface area contributed by atoms with Crippen molar-refractivity contribution in [1.82, 2.24) is 15.0 Å². The number of rotatable bonds is 0. The lowest BCUT2D eigenvalue weighted by molar-refractivity contribution is 1.08. The second-order valence-electron chi connectivity index (χ2n) is 2.41. The number of H-pyrrole nitrogens is 3. The van der Waals surface area contributed by atoms with Crippen LogP contribution in [0.5, 0.6) is 0 Å². The smallest absolute Gasteiger partial charge is 0.326 e. The van der Waals surface area contributed by atoms with Crippen molar-refractivity contribution in [2.24, 2.45) is 0 Å². The minimum atomic E-state index is -0.523. The zero-order chi connectivity index (χ0) is 9.59. The van der Waals surface area contributed by atoms with E-state index in [0.29, 0.717) is 20.1 Å². The molecule has 0 fully saturated rings. The van der Waals surface area contributed by atoms with E-state index in [-0.39, 0.29) is 0 Å². The molecule has 13 heavy (non-hydrogen) atoms. The van der Waals surface area contributed by atoms with E-state index in [0.717, 1.165) is 0 Å². The number of halogens is 2. The van der Waals surface area contributed by atoms with Gasteiger partial charge >= 0.3 is 5.69 Å². The predicted molar refractivity (Wildman–Crippen MR) is 54.9 cm³/mol. The summed E-state index contributed by atoms with van der Waals surface area (Å²) in [6.07, 6.45) is 0. The highest BCUT2D eigenvalue weighted by atomic mass is 79.9. The Labute approximate surface area is 87.8 Å². The number of aromatic amines is 3. The van der Waals surface area contributed by atoms with E-state index < -0.39 is 11.2 Å². The van der Waals surface area contributed by atoms with Gasteiger partial charge in [-0.2, -0.15) is 0 Å². The van der Waals surface area contributed by atoms with Gasteiger partial charge in [-0.3, -0.25) is 9.78 Å². The molecule has 0 aliphatic carbocycles. The van der Waals surface area contributed by atoms with Gasteiger partial charge in [-0.05, 0) is 31.9 Å². The predicted octanol–water partition coefficient (Wildman–Crippen LogP) is 1.07. The van der Waals surface area contributed by atoms with Crippen LogP contribution in [0, 0.1) is 0 Å². The van der Waals surface area contributed by atoms with Crippen molar-refractivity contribution in [2.45, 2.75) is 0 Å². The molecule has 0 aliphatic heterocycles. The minimum Gasteiger partial charge on any atom is -0.343 e. The Bertz CT molecular complexity index is 580. The van der Waals surface area contributed by atoms with Crippen LogP contribution in [0.2, 0.25) is 0 Å². The first-order valence-electron chi connectivity index (χ1n) is 3.29. The summed E-state index contributed by atoms with van der Waals surface area (Å²) in [4.78, 5) is 29.5. The third kappa shape index (κ3) is 1.28. The maximum Gasteiger partial charge on any atom is 0.326 e. The van der Waals surface area contributed by atoms with Crippen LogP contribution >= 0.6 is 31.9 Å². The lowest BCUT2D eigenvalue weighted by atomic mass is 10.5. The van der Waals surface area contributed by atoms with Gasteiger partial charge in [0.1, 0.15) is 5.52 Å². The Balaban J connectivity index is 3.12. The van der Waals surface area contributed by atoms with Crippen LogP contribution in [-0.4, -0.2) is 15.0 Å². The van der Waals surface area contributed by atoms with Gasteiger partial charge in [-0.1, -0.05) is 0 Å². The van der Waals surface area contributed by atoms with Crippen LogP contribution in [0.25, 0.3) is 11.0 Å². The molecule has 0 amide bonds. The molecular formula is C6H3Br2N3O2. The van der Waals surface area contributed by atoms with Crippen LogP contribution in [0.4, 0.5) is 0 Å². The molecule has 0 saturated heterocycles. The summed E-state index contributed by atoms with van der Waals surface area (Å²) in [5.74, 6) is 0. The van der Waals surface area contributed by atoms with E-state index in [1.807, 2.05) is 0 Å². The zero-order valence-electron chi connectivity index (χ0n) is 6.07. The normalized spacial score (nSPS) is 10.9. The summed E-state index contributed by atoms with van der Waals surface area (Å²) in [7, 11) is 0. The quantitative estimate of drug-likeness (QED) is 0.680. The van der Waals surface area contributed by atoms with E-state index >= 15 is 0 Å². The highest BCUT2D eigenvalue weighted by Crippen LogP contribution is 2.27. The van der Waals surface area contributed by atoms with Gasteiger partial charge in [0.2, 0.25) is 0 Å². The molecule has 0 radical (unpaired) electrons. The Morgan fingerprint density at radius 3 is 2.31 bits per heavy atom. The molecule has 0 bridgehead atoms. The first-order valence-corrected chi connectivity index (χ1v) is 4.87. The molecule has 7 heteroatoms. The third-order valence-corrected chi connectivity index (χ3v) is 3.51. The molecule has 2 rings (SSSR count). The summed E-state index contributed by atoms with van der Waals surface area (Å²) in [6.45, 7) is 0. The van der Waals surface area contributed by atoms with Crippen LogP contribution in [-0.2, 0) is 0 Å². The van der Waals surface area contributed by atoms with Crippen LogP contribution in [0.3, 0.4) is 0 Å². The lowest BCUT2D eigenvalue weighted by Gasteiger charge is -1.87. The van der Waals surface area contributed by atoms with Crippen LogP contribution in [0.1, 0.15) is 0 Å². The molecule has 0 aromatic carbocycles. The fourth-order valence-corrected chi connectivity index (χ4v) is 1.84. The third-order valence-electron chi connectivity index (χ3n) is 1.59. The second-order valence-corrected chi connectivity index (χ2v) is 4.00. The summed E-state index contributed by atoms with van der Waals surface area (Å²) < 4.78 is 1.25. The topological polar surface area (TPSA) is 81.5 Å². The summed E-state index contributed by atoms with van der Waals surface area (Å²) in [5, 5.41) is 0. The van der Waals surface area contributed by atoms with Gasteiger partial charge in [0.05, 0.1) is 14.6 Å². The molecule has 2 aromatic rings. The van der Waals surface area contributed by atoms with E-state index in [1.165, 1.54) is 0 Å². The van der Waals surface area contributed by atoms with E-state index in [4.69, 9.17) is 0 Å². The van der Waals surface area contributed by atoms with Crippen LogP contribution < -0.4 is 11.2 Å². The number of nitrogens with one attached hydrogen (secondary N) is 3. The average molecular weight is 309 g/mol. The van der Waals surface area contributed by atoms with Gasteiger partial charge in [0, 0.05) is 0 Å². The van der Waals surface area contributed by atoms with Gasteiger partial charge in [0.25, 0.3) is 5.56 Å². The van der Waals surface area contributed by atoms with Crippen molar-refractivity contribution in [3.05, 3.63) is 29.9 Å². The number of hydrogen-bond acceptors (Lipinski definition) is 2. The summed E-state index contributed by atoms with van der Waals surface area (Å²) in [6, 6.07) is 0. The fraction of sp³-hybridized carbons (Fsp3) is 0. The van der Waals surface area contributed by atoms with Crippen molar-refractivity contribution in [1.29, 1.82) is 0 Å². The van der Waals surface area contributed by atoms with Crippen molar-refractivity contribution >= 4 is 42.9 Å². The van der Waals surface area contributed by atoms with Crippen molar-refractivity contribution < 1.29 is 0 Å². The van der Waals surface area contributed by atoms with Crippen molar-refractivity contribution in [3.8, 4) is 0 Å². The highest BCUT2D eigenvalue weighted by molar-refractivity contribution is 9.13. The van der Waals surface area contributed by atoms with Crippen molar-refractivity contribution in [3.63, 3.8) is 0 Å². The molecule has 0 unspecified atom stereocenters. The molecular weight excluding hydrogens is 306 g/mol. The van der Waals surface area contributed by atoms with E-state index in [2.05, 4.69) is 46.8 Å². The first kappa shape index (κ1) is 8.76. The fourth-order valence-electron chi connectivity index (χ4n) is 1.04. The van der Waals surface area contributed by atoms with Gasteiger partial charge < -0.3 is 9.97 Å². The largest absolute Gasteiger partial charge is 0.343 e. The SMILES string of the molecule is O=c1[nH]c(=O)c2[nH]c(Br)c(Br)c2[nH]1. The zero-order valence-corrected chi connectivity index (χ0v) is 9.24. The van der Waals surface area contributed by atoms with Crippen molar-refractivity contribution in [2.75, 3.05) is 0 Å². The van der Waals surface area contributed by atoms with E-state index in [1.54, 1.807) is 0 Å². The maximum atomic E-state index is 11.2. The Kier molecular flexibility index (Phi) is 1.92. The second kappa shape index (κ2) is 2.85. The Morgan fingerprint density at radius 2 is 1.62 bits per heavy atom. The molecule has 5 nitrogen and oxygen atoms in total. The van der Waals surface area contributed by atoms with Gasteiger partial charge in [-0.25, -0.2) is 4.79 Å². The summed E-state index contributed by atoms with van der Waals surface area (Å²) in [5.41, 5.74) is -0.172. The molecule has 0 saturated carbocycles. The first-order chi connectivity index (χ1) is 6.09. The standard InChI is InChI=1S/C6H3Br2N3O2/c7-1-2-3(9-4(1)8)5(12)11-6(13)10-2/h9H,(H2,10,11,12,13). The number of aromatic nitrogens is 3. The molecule has 0 atom stereocenters. The molecule has 2 heterocycles. The molecule has 0 spiro atoms. The molecule has 2 aromatic heterocycles. The summed E-state index contributed by atoms with van der Waals surface area (Å²) >= 11 is 6.41. The highest BCUT2D eigenvalue weighted by Gasteiger charge is 2.10. The van der Waals surface area contributed by atoms with Gasteiger partial charge in [-0.15, -0.1) is 0 Å².